The molecule has 1 aromatic rings. The fraction of sp³-hybridized carbons (Fsp3) is 0.818. The molecule has 6 nitrogen and oxygen atoms in total. The van der Waals surface area contributed by atoms with Gasteiger partial charge >= 0.3 is 0 Å². The third-order valence-electron chi connectivity index (χ3n) is 2.87. The van der Waals surface area contributed by atoms with Gasteiger partial charge in [0.05, 0.1) is 25.7 Å². The van der Waals surface area contributed by atoms with Crippen LogP contribution in [-0.2, 0) is 11.2 Å². The highest BCUT2D eigenvalue weighted by Gasteiger charge is 2.33. The van der Waals surface area contributed by atoms with Crippen molar-refractivity contribution in [3.05, 3.63) is 11.7 Å². The fourth-order valence-electron chi connectivity index (χ4n) is 1.95. The van der Waals surface area contributed by atoms with Crippen LogP contribution in [0.2, 0.25) is 0 Å². The minimum absolute atomic E-state index is 0.0393. The maximum absolute atomic E-state index is 8.80. The van der Waals surface area contributed by atoms with Gasteiger partial charge in [-0.25, -0.2) is 0 Å². The van der Waals surface area contributed by atoms with Crippen molar-refractivity contribution in [2.75, 3.05) is 26.4 Å². The van der Waals surface area contributed by atoms with E-state index < -0.39 is 0 Å². The topological polar surface area (TPSA) is 80.4 Å². The lowest BCUT2D eigenvalue weighted by Gasteiger charge is -2.14. The van der Waals surface area contributed by atoms with Crippen LogP contribution in [0.3, 0.4) is 0 Å². The minimum Gasteiger partial charge on any atom is -0.396 e. The van der Waals surface area contributed by atoms with Crippen molar-refractivity contribution in [1.82, 2.24) is 15.5 Å². The number of aliphatic hydroxyl groups is 1. The first-order valence-electron chi connectivity index (χ1n) is 6.09. The molecule has 2 rings (SSSR count). The third-order valence-corrected chi connectivity index (χ3v) is 2.87. The van der Waals surface area contributed by atoms with Crippen molar-refractivity contribution >= 4 is 0 Å². The molecule has 1 aliphatic heterocycles. The van der Waals surface area contributed by atoms with Gasteiger partial charge in [-0.3, -0.25) is 0 Å². The van der Waals surface area contributed by atoms with Crippen molar-refractivity contribution < 1.29 is 14.4 Å². The van der Waals surface area contributed by atoms with Crippen LogP contribution in [0.25, 0.3) is 0 Å². The zero-order valence-electron chi connectivity index (χ0n) is 10.1. The van der Waals surface area contributed by atoms with Gasteiger partial charge in [-0.1, -0.05) is 12.1 Å². The number of nitrogens with zero attached hydrogens (tertiary/aromatic N) is 2. The van der Waals surface area contributed by atoms with Gasteiger partial charge in [0.1, 0.15) is 0 Å². The fourth-order valence-corrected chi connectivity index (χ4v) is 1.95. The minimum atomic E-state index is 0.0393. The van der Waals surface area contributed by atoms with E-state index in [2.05, 4.69) is 22.4 Å². The van der Waals surface area contributed by atoms with E-state index in [1.165, 1.54) is 0 Å². The molecule has 17 heavy (non-hydrogen) atoms. The van der Waals surface area contributed by atoms with E-state index in [1.54, 1.807) is 0 Å². The Balaban J connectivity index is 1.98. The van der Waals surface area contributed by atoms with E-state index in [-0.39, 0.29) is 18.6 Å². The average Bonchev–Trinajstić information content (AvgIpc) is 2.94. The summed E-state index contributed by atoms with van der Waals surface area (Å²) >= 11 is 0. The zero-order valence-corrected chi connectivity index (χ0v) is 10.1. The summed E-state index contributed by atoms with van der Waals surface area (Å²) in [6, 6.07) is 0.248. The predicted octanol–water partition coefficient (Wildman–Crippen LogP) is 0.0864. The monoisotopic (exact) mass is 241 g/mol. The lowest BCUT2D eigenvalue weighted by atomic mass is 10.0. The van der Waals surface area contributed by atoms with Crippen molar-refractivity contribution in [3.8, 4) is 0 Å². The highest BCUT2D eigenvalue weighted by atomic mass is 16.5. The number of hydrogen-bond donors (Lipinski definition) is 2. The summed E-state index contributed by atoms with van der Waals surface area (Å²) in [5, 5.41) is 16.1. The third kappa shape index (κ3) is 3.02. The van der Waals surface area contributed by atoms with Gasteiger partial charge in [0.2, 0.25) is 5.89 Å². The smallest absolute Gasteiger partial charge is 0.233 e. The second kappa shape index (κ2) is 6.09. The molecule has 6 heteroatoms. The molecule has 0 saturated carbocycles. The Kier molecular flexibility index (Phi) is 4.47. The van der Waals surface area contributed by atoms with Crippen LogP contribution in [0.5, 0.6) is 0 Å². The Bertz CT molecular complexity index is 342. The van der Waals surface area contributed by atoms with Crippen LogP contribution in [-0.4, -0.2) is 47.7 Å². The Hall–Kier alpha value is -0.980. The van der Waals surface area contributed by atoms with Crippen LogP contribution in [0, 0.1) is 0 Å². The maximum atomic E-state index is 8.80. The summed E-state index contributed by atoms with van der Waals surface area (Å²) in [6.45, 7) is 4.42. The summed E-state index contributed by atoms with van der Waals surface area (Å²) in [6.07, 6.45) is 1.52. The molecular formula is C11H19N3O3. The molecule has 0 aromatic carbocycles. The van der Waals surface area contributed by atoms with Gasteiger partial charge in [0, 0.05) is 12.5 Å². The Morgan fingerprint density at radius 2 is 2.35 bits per heavy atom. The molecule has 0 aliphatic carbocycles. The molecule has 2 atom stereocenters. The molecule has 0 radical (unpaired) electrons. The second-order valence-electron chi connectivity index (χ2n) is 4.23. The molecule has 2 N–H and O–H groups in total. The number of rotatable bonds is 6. The van der Waals surface area contributed by atoms with E-state index in [0.29, 0.717) is 31.3 Å². The van der Waals surface area contributed by atoms with Crippen molar-refractivity contribution in [1.29, 1.82) is 0 Å². The Morgan fingerprint density at radius 1 is 1.47 bits per heavy atom. The summed E-state index contributed by atoms with van der Waals surface area (Å²) in [5.74, 6) is 1.30. The molecule has 0 bridgehead atoms. The lowest BCUT2D eigenvalue weighted by Crippen LogP contribution is -2.35. The van der Waals surface area contributed by atoms with Crippen molar-refractivity contribution in [3.63, 3.8) is 0 Å². The largest absolute Gasteiger partial charge is 0.396 e. The zero-order chi connectivity index (χ0) is 12.1. The molecule has 2 heterocycles. The van der Waals surface area contributed by atoms with E-state index in [0.717, 1.165) is 13.0 Å². The summed E-state index contributed by atoms with van der Waals surface area (Å²) < 4.78 is 10.7. The predicted molar refractivity (Wildman–Crippen MR) is 60.7 cm³/mol. The number of ether oxygens (including phenoxy) is 1. The molecule has 2 unspecified atom stereocenters. The Labute approximate surface area is 100 Å². The molecule has 96 valence electrons. The summed E-state index contributed by atoms with van der Waals surface area (Å²) in [5.41, 5.74) is 0. The Morgan fingerprint density at radius 3 is 3.12 bits per heavy atom. The van der Waals surface area contributed by atoms with Gasteiger partial charge in [-0.2, -0.15) is 4.98 Å². The van der Waals surface area contributed by atoms with E-state index in [4.69, 9.17) is 14.4 Å². The van der Waals surface area contributed by atoms with Gasteiger partial charge in [-0.05, 0) is 13.0 Å². The lowest BCUT2D eigenvalue weighted by molar-refractivity contribution is 0.184. The van der Waals surface area contributed by atoms with Crippen LogP contribution < -0.4 is 5.32 Å². The molecule has 1 fully saturated rings. The van der Waals surface area contributed by atoms with Crippen molar-refractivity contribution in [2.24, 2.45) is 0 Å². The first-order chi connectivity index (χ1) is 8.35. The van der Waals surface area contributed by atoms with Crippen LogP contribution in [0.1, 0.15) is 31.0 Å². The maximum Gasteiger partial charge on any atom is 0.233 e. The van der Waals surface area contributed by atoms with E-state index >= 15 is 0 Å². The van der Waals surface area contributed by atoms with Crippen LogP contribution in [0.15, 0.2) is 4.52 Å². The first-order valence-corrected chi connectivity index (χ1v) is 6.09. The van der Waals surface area contributed by atoms with Gasteiger partial charge < -0.3 is 19.7 Å². The van der Waals surface area contributed by atoms with Gasteiger partial charge in [0.25, 0.3) is 0 Å². The number of nitrogens with one attached hydrogen (secondary N) is 1. The molecule has 1 aliphatic rings. The highest BCUT2D eigenvalue weighted by Crippen LogP contribution is 2.24. The van der Waals surface area contributed by atoms with Gasteiger partial charge in [-0.15, -0.1) is 0 Å². The second-order valence-corrected chi connectivity index (χ2v) is 4.23. The van der Waals surface area contributed by atoms with Gasteiger partial charge in [0.15, 0.2) is 5.82 Å². The highest BCUT2D eigenvalue weighted by molar-refractivity contribution is 5.02. The average molecular weight is 241 g/mol. The van der Waals surface area contributed by atoms with Crippen LogP contribution in [0.4, 0.5) is 0 Å². The van der Waals surface area contributed by atoms with Crippen molar-refractivity contribution in [2.45, 2.75) is 31.7 Å². The molecule has 1 saturated heterocycles. The first kappa shape index (κ1) is 12.5. The van der Waals surface area contributed by atoms with Crippen LogP contribution >= 0.6 is 0 Å². The molecule has 1 aromatic heterocycles. The standard InChI is InChI=1S/C11H19N3O3/c1-2-4-12-9-7-16-6-8(9)11-13-10(3-5-15)14-17-11/h8-9,12,15H,2-7H2,1H3. The quantitative estimate of drug-likeness (QED) is 0.734. The number of aromatic nitrogens is 2. The molecule has 0 amide bonds. The van der Waals surface area contributed by atoms with E-state index in [9.17, 15) is 0 Å². The summed E-state index contributed by atoms with van der Waals surface area (Å²) in [4.78, 5) is 4.28. The molecule has 0 spiro atoms. The number of aliphatic hydroxyl groups excluding tert-OH is 1. The number of hydrogen-bond acceptors (Lipinski definition) is 6. The normalized spacial score (nSPS) is 24.4. The van der Waals surface area contributed by atoms with E-state index in [1.807, 2.05) is 0 Å². The SMILES string of the molecule is CCCNC1COCC1c1nc(CCO)no1. The summed E-state index contributed by atoms with van der Waals surface area (Å²) in [7, 11) is 0. The molecular weight excluding hydrogens is 222 g/mol.